The summed E-state index contributed by atoms with van der Waals surface area (Å²) in [6, 6.07) is 4.16. The van der Waals surface area contributed by atoms with Crippen LogP contribution in [0.15, 0.2) is 17.5 Å². The molecule has 13 heavy (non-hydrogen) atoms. The topological polar surface area (TPSA) is 3.24 Å². The highest BCUT2D eigenvalue weighted by Gasteiger charge is 2.11. The Kier molecular flexibility index (Phi) is 4.78. The normalized spacial score (nSPS) is 13.5. The predicted octanol–water partition coefficient (Wildman–Crippen LogP) is 3.37. The van der Waals surface area contributed by atoms with Crippen LogP contribution in [0.4, 0.5) is 0 Å². The molecule has 0 amide bonds. The van der Waals surface area contributed by atoms with Crippen molar-refractivity contribution in [3.63, 3.8) is 0 Å². The smallest absolute Gasteiger partial charge is 0.0805 e. The molecule has 1 aromatic rings. The van der Waals surface area contributed by atoms with Gasteiger partial charge >= 0.3 is 0 Å². The number of nitrogens with zero attached hydrogens (tertiary/aromatic N) is 1. The van der Waals surface area contributed by atoms with E-state index in [1.54, 1.807) is 11.3 Å². The second kappa shape index (κ2) is 5.63. The molecule has 0 saturated heterocycles. The van der Waals surface area contributed by atoms with Crippen molar-refractivity contribution in [1.29, 1.82) is 0 Å². The molecule has 0 fully saturated rings. The van der Waals surface area contributed by atoms with Crippen LogP contribution in [0.2, 0.25) is 0 Å². The van der Waals surface area contributed by atoms with Gasteiger partial charge in [0.2, 0.25) is 0 Å². The molecular formula is C10H16ClNS. The van der Waals surface area contributed by atoms with E-state index in [1.807, 2.05) is 0 Å². The van der Waals surface area contributed by atoms with Gasteiger partial charge in [0.05, 0.1) is 5.38 Å². The fourth-order valence-corrected chi connectivity index (χ4v) is 2.38. The molecule has 0 aliphatic carbocycles. The molecule has 0 N–H and O–H groups in total. The van der Waals surface area contributed by atoms with E-state index in [2.05, 4.69) is 36.3 Å². The Labute approximate surface area is 89.3 Å². The number of hydrogen-bond acceptors (Lipinski definition) is 2. The van der Waals surface area contributed by atoms with Crippen LogP contribution >= 0.6 is 22.9 Å². The summed E-state index contributed by atoms with van der Waals surface area (Å²) in [5, 5.41) is 2.23. The lowest BCUT2D eigenvalue weighted by molar-refractivity contribution is 0.305. The van der Waals surface area contributed by atoms with Crippen LogP contribution in [0.1, 0.15) is 24.1 Å². The Hall–Kier alpha value is -0.0500. The standard InChI is InChI=1S/C10H16ClNS/c1-3-12(4-2)8-9(11)10-6-5-7-13-10/h5-7,9H,3-4,8H2,1-2H3. The van der Waals surface area contributed by atoms with Crippen molar-refractivity contribution < 1.29 is 0 Å². The van der Waals surface area contributed by atoms with Crippen LogP contribution in [0.25, 0.3) is 0 Å². The number of alkyl halides is 1. The van der Waals surface area contributed by atoms with Gasteiger partial charge in [-0.3, -0.25) is 0 Å². The molecule has 74 valence electrons. The zero-order valence-corrected chi connectivity index (χ0v) is 9.74. The zero-order valence-electron chi connectivity index (χ0n) is 8.16. The molecule has 0 aliphatic heterocycles. The van der Waals surface area contributed by atoms with Crippen molar-refractivity contribution in [1.82, 2.24) is 4.90 Å². The largest absolute Gasteiger partial charge is 0.302 e. The monoisotopic (exact) mass is 217 g/mol. The highest BCUT2D eigenvalue weighted by molar-refractivity contribution is 7.10. The quantitative estimate of drug-likeness (QED) is 0.684. The zero-order chi connectivity index (χ0) is 9.68. The summed E-state index contributed by atoms with van der Waals surface area (Å²) in [5.41, 5.74) is 0. The van der Waals surface area contributed by atoms with Gasteiger partial charge in [-0.15, -0.1) is 22.9 Å². The van der Waals surface area contributed by atoms with E-state index >= 15 is 0 Å². The first-order valence-corrected chi connectivity index (χ1v) is 5.99. The van der Waals surface area contributed by atoms with Crippen LogP contribution in [0, 0.1) is 0 Å². The van der Waals surface area contributed by atoms with Crippen molar-refractivity contribution in [2.24, 2.45) is 0 Å². The van der Waals surface area contributed by atoms with Gasteiger partial charge in [-0.25, -0.2) is 0 Å². The third kappa shape index (κ3) is 3.29. The van der Waals surface area contributed by atoms with E-state index in [-0.39, 0.29) is 5.38 Å². The minimum Gasteiger partial charge on any atom is -0.302 e. The Balaban J connectivity index is 2.45. The van der Waals surface area contributed by atoms with Crippen molar-refractivity contribution in [3.05, 3.63) is 22.4 Å². The van der Waals surface area contributed by atoms with E-state index in [1.165, 1.54) is 4.88 Å². The lowest BCUT2D eigenvalue weighted by Crippen LogP contribution is -2.26. The third-order valence-corrected chi connectivity index (χ3v) is 3.65. The average Bonchev–Trinajstić information content (AvgIpc) is 2.66. The second-order valence-electron chi connectivity index (χ2n) is 2.97. The number of halogens is 1. The molecule has 3 heteroatoms. The van der Waals surface area contributed by atoms with Gasteiger partial charge < -0.3 is 4.90 Å². The summed E-state index contributed by atoms with van der Waals surface area (Å²) in [7, 11) is 0. The van der Waals surface area contributed by atoms with Crippen molar-refractivity contribution in [2.45, 2.75) is 19.2 Å². The van der Waals surface area contributed by atoms with Gasteiger partial charge in [0.15, 0.2) is 0 Å². The van der Waals surface area contributed by atoms with E-state index in [4.69, 9.17) is 11.6 Å². The second-order valence-corrected chi connectivity index (χ2v) is 4.47. The van der Waals surface area contributed by atoms with Crippen LogP contribution in [-0.4, -0.2) is 24.5 Å². The van der Waals surface area contributed by atoms with Crippen LogP contribution in [0.3, 0.4) is 0 Å². The maximum Gasteiger partial charge on any atom is 0.0805 e. The minimum absolute atomic E-state index is 0.153. The maximum absolute atomic E-state index is 6.27. The summed E-state index contributed by atoms with van der Waals surface area (Å²) in [6.45, 7) is 7.44. The van der Waals surface area contributed by atoms with Crippen molar-refractivity contribution in [2.75, 3.05) is 19.6 Å². The van der Waals surface area contributed by atoms with Gasteiger partial charge in [0.1, 0.15) is 0 Å². The molecule has 0 aliphatic rings. The molecule has 0 radical (unpaired) electrons. The molecule has 1 unspecified atom stereocenters. The van der Waals surface area contributed by atoms with Gasteiger partial charge in [0.25, 0.3) is 0 Å². The maximum atomic E-state index is 6.27. The highest BCUT2D eigenvalue weighted by atomic mass is 35.5. The summed E-state index contributed by atoms with van der Waals surface area (Å²) in [4.78, 5) is 3.62. The number of thiophene rings is 1. The van der Waals surface area contributed by atoms with Crippen LogP contribution in [0.5, 0.6) is 0 Å². The van der Waals surface area contributed by atoms with Gasteiger partial charge in [0, 0.05) is 11.4 Å². The lowest BCUT2D eigenvalue weighted by atomic mass is 10.3. The number of hydrogen-bond donors (Lipinski definition) is 0. The van der Waals surface area contributed by atoms with E-state index in [9.17, 15) is 0 Å². The van der Waals surface area contributed by atoms with Gasteiger partial charge in [-0.05, 0) is 24.5 Å². The Bertz CT molecular complexity index is 219. The highest BCUT2D eigenvalue weighted by Crippen LogP contribution is 2.25. The molecule has 1 atom stereocenters. The van der Waals surface area contributed by atoms with E-state index in [0.29, 0.717) is 0 Å². The average molecular weight is 218 g/mol. The summed E-state index contributed by atoms with van der Waals surface area (Å²) in [6.07, 6.45) is 0. The van der Waals surface area contributed by atoms with Crippen LogP contribution in [-0.2, 0) is 0 Å². The van der Waals surface area contributed by atoms with Crippen LogP contribution < -0.4 is 0 Å². The summed E-state index contributed by atoms with van der Waals surface area (Å²) >= 11 is 8.00. The molecule has 0 aromatic carbocycles. The molecule has 0 saturated carbocycles. The first-order valence-electron chi connectivity index (χ1n) is 4.67. The van der Waals surface area contributed by atoms with Gasteiger partial charge in [-0.1, -0.05) is 19.9 Å². The number of likely N-dealkylation sites (N-methyl/N-ethyl adjacent to an activating group) is 1. The SMILES string of the molecule is CCN(CC)CC(Cl)c1cccs1. The first-order chi connectivity index (χ1) is 6.27. The Morgan fingerprint density at radius 1 is 1.46 bits per heavy atom. The fraction of sp³-hybridized carbons (Fsp3) is 0.600. The Morgan fingerprint density at radius 3 is 2.62 bits per heavy atom. The molecule has 1 heterocycles. The summed E-state index contributed by atoms with van der Waals surface area (Å²) in [5.74, 6) is 0. The predicted molar refractivity (Wildman–Crippen MR) is 60.7 cm³/mol. The molecule has 0 bridgehead atoms. The summed E-state index contributed by atoms with van der Waals surface area (Å²) < 4.78 is 0. The molecule has 0 spiro atoms. The van der Waals surface area contributed by atoms with E-state index < -0.39 is 0 Å². The fourth-order valence-electron chi connectivity index (χ4n) is 1.27. The molecule has 1 aromatic heterocycles. The molecule has 1 nitrogen and oxygen atoms in total. The lowest BCUT2D eigenvalue weighted by Gasteiger charge is -2.20. The third-order valence-electron chi connectivity index (χ3n) is 2.16. The Morgan fingerprint density at radius 2 is 2.15 bits per heavy atom. The number of rotatable bonds is 5. The molecular weight excluding hydrogens is 202 g/mol. The molecule has 1 rings (SSSR count). The first kappa shape index (κ1) is 11.0. The van der Waals surface area contributed by atoms with Crippen molar-refractivity contribution in [3.8, 4) is 0 Å². The minimum atomic E-state index is 0.153. The van der Waals surface area contributed by atoms with Gasteiger partial charge in [-0.2, -0.15) is 0 Å². The van der Waals surface area contributed by atoms with E-state index in [0.717, 1.165) is 19.6 Å². The van der Waals surface area contributed by atoms with Crippen molar-refractivity contribution >= 4 is 22.9 Å².